The lowest BCUT2D eigenvalue weighted by Crippen LogP contribution is -2.25. The Kier molecular flexibility index (Phi) is 4.42. The average Bonchev–Trinajstić information content (AvgIpc) is 2.21. The van der Waals surface area contributed by atoms with Gasteiger partial charge in [0.2, 0.25) is 0 Å². The Morgan fingerprint density at radius 3 is 2.56 bits per heavy atom. The summed E-state index contributed by atoms with van der Waals surface area (Å²) in [5.41, 5.74) is 6.82. The van der Waals surface area contributed by atoms with Crippen molar-refractivity contribution in [2.75, 3.05) is 11.1 Å². The second-order valence-corrected chi connectivity index (χ2v) is 4.66. The van der Waals surface area contributed by atoms with Gasteiger partial charge in [-0.25, -0.2) is 4.39 Å². The molecule has 2 nitrogen and oxygen atoms in total. The Hall–Kier alpha value is -0.960. The van der Waals surface area contributed by atoms with E-state index in [2.05, 4.69) is 26.1 Å². The number of hydrogen-bond donors (Lipinski definition) is 2. The van der Waals surface area contributed by atoms with Crippen LogP contribution in [0.25, 0.3) is 0 Å². The van der Waals surface area contributed by atoms with E-state index < -0.39 is 5.82 Å². The van der Waals surface area contributed by atoms with E-state index in [1.165, 1.54) is 12.1 Å². The first-order valence-corrected chi connectivity index (χ1v) is 5.84. The molecule has 0 amide bonds. The summed E-state index contributed by atoms with van der Waals surface area (Å²) in [6.07, 6.45) is 0.978. The van der Waals surface area contributed by atoms with Crippen LogP contribution in [-0.4, -0.2) is 6.04 Å². The Balaban J connectivity index is 2.92. The molecule has 0 aliphatic rings. The minimum atomic E-state index is -0.484. The fourth-order valence-electron chi connectivity index (χ4n) is 1.63. The number of nitrogens with one attached hydrogen (secondary N) is 1. The van der Waals surface area contributed by atoms with Crippen LogP contribution < -0.4 is 11.1 Å². The molecule has 16 heavy (non-hydrogen) atoms. The smallest absolute Gasteiger partial charge is 0.143 e. The number of hydrogen-bond acceptors (Lipinski definition) is 2. The van der Waals surface area contributed by atoms with Gasteiger partial charge in [-0.05, 0) is 18.4 Å². The van der Waals surface area contributed by atoms with Gasteiger partial charge in [-0.15, -0.1) is 0 Å². The van der Waals surface area contributed by atoms with E-state index in [1.807, 2.05) is 0 Å². The molecule has 1 atom stereocenters. The molecule has 0 bridgehead atoms. The zero-order valence-corrected chi connectivity index (χ0v) is 10.6. The number of benzene rings is 1. The first kappa shape index (κ1) is 13.1. The molecule has 0 aromatic heterocycles. The van der Waals surface area contributed by atoms with Gasteiger partial charge in [0.1, 0.15) is 5.82 Å². The lowest BCUT2D eigenvalue weighted by atomic mass is 10.0. The number of nitrogens with two attached hydrogens (primary N) is 1. The Labute approximate surface area is 101 Å². The first-order valence-electron chi connectivity index (χ1n) is 5.46. The molecule has 1 aromatic rings. The minimum Gasteiger partial charge on any atom is -0.397 e. The highest BCUT2D eigenvalue weighted by molar-refractivity contribution is 6.31. The average molecular weight is 245 g/mol. The van der Waals surface area contributed by atoms with Crippen LogP contribution in [0.1, 0.15) is 27.2 Å². The third-order valence-corrected chi connectivity index (χ3v) is 2.97. The molecule has 90 valence electrons. The maximum absolute atomic E-state index is 13.1. The molecule has 0 aliphatic carbocycles. The summed E-state index contributed by atoms with van der Waals surface area (Å²) in [5, 5.41) is 3.38. The maximum Gasteiger partial charge on any atom is 0.143 e. The Morgan fingerprint density at radius 2 is 2.06 bits per heavy atom. The van der Waals surface area contributed by atoms with Crippen LogP contribution in [0.3, 0.4) is 0 Å². The monoisotopic (exact) mass is 244 g/mol. The summed E-state index contributed by atoms with van der Waals surface area (Å²) in [6.45, 7) is 6.35. The van der Waals surface area contributed by atoms with Gasteiger partial charge in [-0.3, -0.25) is 0 Å². The number of rotatable bonds is 4. The van der Waals surface area contributed by atoms with Crippen LogP contribution in [0.4, 0.5) is 15.8 Å². The largest absolute Gasteiger partial charge is 0.397 e. The molecule has 1 unspecified atom stereocenters. The predicted molar refractivity (Wildman–Crippen MR) is 68.4 cm³/mol. The van der Waals surface area contributed by atoms with Crippen molar-refractivity contribution >= 4 is 23.0 Å². The number of nitrogen functional groups attached to an aromatic ring is 1. The lowest BCUT2D eigenvalue weighted by molar-refractivity contribution is 0.511. The van der Waals surface area contributed by atoms with E-state index in [0.717, 1.165) is 6.42 Å². The Bertz CT molecular complexity index is 366. The van der Waals surface area contributed by atoms with Gasteiger partial charge in [-0.1, -0.05) is 32.4 Å². The van der Waals surface area contributed by atoms with Crippen LogP contribution in [0.15, 0.2) is 12.1 Å². The van der Waals surface area contributed by atoms with Crippen molar-refractivity contribution in [2.24, 2.45) is 5.92 Å². The van der Waals surface area contributed by atoms with Crippen molar-refractivity contribution in [1.82, 2.24) is 0 Å². The van der Waals surface area contributed by atoms with Gasteiger partial charge in [0.15, 0.2) is 0 Å². The van der Waals surface area contributed by atoms with Gasteiger partial charge in [0.05, 0.1) is 16.4 Å². The van der Waals surface area contributed by atoms with E-state index in [-0.39, 0.29) is 5.02 Å². The van der Waals surface area contributed by atoms with Gasteiger partial charge in [-0.2, -0.15) is 0 Å². The molecule has 1 rings (SSSR count). The van der Waals surface area contributed by atoms with Crippen molar-refractivity contribution < 1.29 is 4.39 Å². The molecular formula is C12H18ClFN2. The summed E-state index contributed by atoms with van der Waals surface area (Å²) in [7, 11) is 0. The maximum atomic E-state index is 13.1. The highest BCUT2D eigenvalue weighted by atomic mass is 35.5. The summed E-state index contributed by atoms with van der Waals surface area (Å²) >= 11 is 5.72. The van der Waals surface area contributed by atoms with Crippen molar-refractivity contribution in [3.05, 3.63) is 23.0 Å². The molecule has 4 heteroatoms. The zero-order chi connectivity index (χ0) is 12.3. The highest BCUT2D eigenvalue weighted by Gasteiger charge is 2.13. The molecule has 0 aliphatic heterocycles. The van der Waals surface area contributed by atoms with Crippen LogP contribution in [0.5, 0.6) is 0 Å². The second kappa shape index (κ2) is 5.39. The fourth-order valence-corrected chi connectivity index (χ4v) is 1.79. The van der Waals surface area contributed by atoms with Crippen LogP contribution in [0, 0.1) is 11.7 Å². The van der Waals surface area contributed by atoms with E-state index >= 15 is 0 Å². The standard InChI is InChI=1S/C12H18ClFN2/c1-4-11(7(2)3)16-12-5-8(13)9(14)6-10(12)15/h5-7,11,16H,4,15H2,1-3H3. The summed E-state index contributed by atoms with van der Waals surface area (Å²) < 4.78 is 13.1. The van der Waals surface area contributed by atoms with Gasteiger partial charge < -0.3 is 11.1 Å². The minimum absolute atomic E-state index is 0.0929. The molecule has 1 aromatic carbocycles. The molecular weight excluding hydrogens is 227 g/mol. The highest BCUT2D eigenvalue weighted by Crippen LogP contribution is 2.28. The third-order valence-electron chi connectivity index (χ3n) is 2.68. The van der Waals surface area contributed by atoms with E-state index in [0.29, 0.717) is 23.3 Å². The summed E-state index contributed by atoms with van der Waals surface area (Å²) in [5.74, 6) is -0.00413. The van der Waals surface area contributed by atoms with Gasteiger partial charge in [0.25, 0.3) is 0 Å². The van der Waals surface area contributed by atoms with E-state index in [4.69, 9.17) is 17.3 Å². The molecule has 0 saturated heterocycles. The van der Waals surface area contributed by atoms with Crippen molar-refractivity contribution in [3.63, 3.8) is 0 Å². The second-order valence-electron chi connectivity index (χ2n) is 4.26. The molecule has 0 heterocycles. The normalized spacial score (nSPS) is 12.9. The van der Waals surface area contributed by atoms with Crippen LogP contribution in [-0.2, 0) is 0 Å². The predicted octanol–water partition coefficient (Wildman–Crippen LogP) is 3.91. The topological polar surface area (TPSA) is 38.0 Å². The Morgan fingerprint density at radius 1 is 1.44 bits per heavy atom. The summed E-state index contributed by atoms with van der Waals surface area (Å²) in [6, 6.07) is 3.10. The van der Waals surface area contributed by atoms with Crippen LogP contribution in [0.2, 0.25) is 5.02 Å². The zero-order valence-electron chi connectivity index (χ0n) is 9.85. The number of halogens is 2. The van der Waals surface area contributed by atoms with E-state index in [9.17, 15) is 4.39 Å². The molecule has 0 saturated carbocycles. The summed E-state index contributed by atoms with van der Waals surface area (Å²) in [4.78, 5) is 0. The van der Waals surface area contributed by atoms with Crippen molar-refractivity contribution in [2.45, 2.75) is 33.2 Å². The van der Waals surface area contributed by atoms with Gasteiger partial charge in [0, 0.05) is 12.1 Å². The molecule has 0 fully saturated rings. The molecule has 0 spiro atoms. The SMILES string of the molecule is CCC(Nc1cc(Cl)c(F)cc1N)C(C)C. The van der Waals surface area contributed by atoms with Crippen molar-refractivity contribution in [3.8, 4) is 0 Å². The van der Waals surface area contributed by atoms with E-state index in [1.54, 1.807) is 0 Å². The number of anilines is 2. The third kappa shape index (κ3) is 3.01. The quantitative estimate of drug-likeness (QED) is 0.789. The molecule has 0 radical (unpaired) electrons. The van der Waals surface area contributed by atoms with Crippen molar-refractivity contribution in [1.29, 1.82) is 0 Å². The van der Waals surface area contributed by atoms with Crippen LogP contribution >= 0.6 is 11.6 Å². The van der Waals surface area contributed by atoms with Gasteiger partial charge >= 0.3 is 0 Å². The fraction of sp³-hybridized carbons (Fsp3) is 0.500. The lowest BCUT2D eigenvalue weighted by Gasteiger charge is -2.23. The molecule has 3 N–H and O–H groups in total. The first-order chi connectivity index (χ1) is 7.45.